The van der Waals surface area contributed by atoms with Crippen LogP contribution < -0.4 is 5.32 Å². The van der Waals surface area contributed by atoms with Gasteiger partial charge in [0, 0.05) is 18.7 Å². The first-order valence-corrected chi connectivity index (χ1v) is 10.3. The van der Waals surface area contributed by atoms with E-state index in [1.165, 1.54) is 4.57 Å². The smallest absolute Gasteiger partial charge is 0.270 e. The second kappa shape index (κ2) is 6.66. The summed E-state index contributed by atoms with van der Waals surface area (Å²) in [6.07, 6.45) is 0. The molecule has 0 fully saturated rings. The van der Waals surface area contributed by atoms with Crippen LogP contribution in [0.4, 0.5) is 0 Å². The summed E-state index contributed by atoms with van der Waals surface area (Å²) in [5.74, 6) is -0.354. The Morgan fingerprint density at radius 1 is 1.11 bits per heavy atom. The summed E-state index contributed by atoms with van der Waals surface area (Å²) in [5, 5.41) is 2.87. The van der Waals surface area contributed by atoms with Crippen molar-refractivity contribution in [1.82, 2.24) is 14.9 Å². The van der Waals surface area contributed by atoms with E-state index >= 15 is 0 Å². The van der Waals surface area contributed by atoms with E-state index in [1.807, 2.05) is 61.5 Å². The maximum absolute atomic E-state index is 12.9. The van der Waals surface area contributed by atoms with Crippen LogP contribution in [0.15, 0.2) is 59.8 Å². The Hall–Kier alpha value is -2.93. The molecule has 4 rings (SSSR count). The molecule has 1 aromatic heterocycles. The molecule has 1 amide bonds. The number of nitrogens with zero attached hydrogens (tertiary/aromatic N) is 2. The Kier molecular flexibility index (Phi) is 4.31. The lowest BCUT2D eigenvalue weighted by Crippen LogP contribution is -2.26. The fourth-order valence-corrected chi connectivity index (χ4v) is 4.53. The maximum Gasteiger partial charge on any atom is 0.270 e. The number of aromatic nitrogens is 2. The van der Waals surface area contributed by atoms with Crippen molar-refractivity contribution in [2.24, 2.45) is 0 Å². The summed E-state index contributed by atoms with van der Waals surface area (Å²) in [4.78, 5) is 17.3. The highest BCUT2D eigenvalue weighted by molar-refractivity contribution is 7.91. The average molecular weight is 381 g/mol. The highest BCUT2D eigenvalue weighted by atomic mass is 32.2. The Balaban J connectivity index is 1.70. The highest BCUT2D eigenvalue weighted by Gasteiger charge is 2.35. The Labute approximate surface area is 157 Å². The van der Waals surface area contributed by atoms with E-state index in [0.717, 1.165) is 16.7 Å². The van der Waals surface area contributed by atoms with Crippen molar-refractivity contribution in [3.63, 3.8) is 0 Å². The minimum atomic E-state index is -3.45. The molecule has 0 spiro atoms. The van der Waals surface area contributed by atoms with Gasteiger partial charge in [-0.25, -0.2) is 13.4 Å². The summed E-state index contributed by atoms with van der Waals surface area (Å²) >= 11 is 0. The molecular weight excluding hydrogens is 362 g/mol. The second-order valence-electron chi connectivity index (χ2n) is 6.60. The van der Waals surface area contributed by atoms with E-state index in [2.05, 4.69) is 10.3 Å². The van der Waals surface area contributed by atoms with Crippen molar-refractivity contribution in [3.05, 3.63) is 71.4 Å². The van der Waals surface area contributed by atoms with Crippen LogP contribution in [0.25, 0.3) is 11.3 Å². The number of hydrogen-bond acceptors (Lipinski definition) is 4. The minimum absolute atomic E-state index is 0.0252. The molecule has 2 heterocycles. The van der Waals surface area contributed by atoms with Gasteiger partial charge < -0.3 is 9.88 Å². The lowest BCUT2D eigenvalue weighted by atomic mass is 10.1. The molecule has 138 valence electrons. The number of rotatable bonds is 4. The van der Waals surface area contributed by atoms with Crippen LogP contribution in [0.1, 0.15) is 21.6 Å². The predicted molar refractivity (Wildman–Crippen MR) is 102 cm³/mol. The minimum Gasteiger partial charge on any atom is -0.347 e. The van der Waals surface area contributed by atoms with Crippen LogP contribution in [0.2, 0.25) is 0 Å². The number of benzene rings is 2. The van der Waals surface area contributed by atoms with Gasteiger partial charge in [-0.2, -0.15) is 0 Å². The molecule has 6 nitrogen and oxygen atoms in total. The third-order valence-corrected chi connectivity index (χ3v) is 6.22. The van der Waals surface area contributed by atoms with E-state index in [-0.39, 0.29) is 23.4 Å². The van der Waals surface area contributed by atoms with E-state index in [4.69, 9.17) is 0 Å². The quantitative estimate of drug-likeness (QED) is 0.753. The van der Waals surface area contributed by atoms with Gasteiger partial charge in [0.15, 0.2) is 0 Å². The van der Waals surface area contributed by atoms with Gasteiger partial charge in [0.25, 0.3) is 5.91 Å². The van der Waals surface area contributed by atoms with Gasteiger partial charge in [0.1, 0.15) is 11.4 Å². The maximum atomic E-state index is 12.9. The SMILES string of the molecule is Cc1ccc(CNC(=O)c2c(-c3ccccc3)nc3n2CCS3(=O)=O)cc1. The molecule has 2 aromatic carbocycles. The van der Waals surface area contributed by atoms with Crippen LogP contribution >= 0.6 is 0 Å². The summed E-state index contributed by atoms with van der Waals surface area (Å²) in [6, 6.07) is 17.1. The monoisotopic (exact) mass is 381 g/mol. The second-order valence-corrected chi connectivity index (χ2v) is 8.60. The number of hydrogen-bond donors (Lipinski definition) is 1. The Morgan fingerprint density at radius 2 is 1.81 bits per heavy atom. The summed E-state index contributed by atoms with van der Waals surface area (Å²) in [5.41, 5.74) is 3.54. The van der Waals surface area contributed by atoms with E-state index in [1.54, 1.807) is 0 Å². The molecule has 3 aromatic rings. The molecule has 1 N–H and O–H groups in total. The first kappa shape index (κ1) is 17.5. The third kappa shape index (κ3) is 3.26. The van der Waals surface area contributed by atoms with Gasteiger partial charge in [-0.3, -0.25) is 4.79 Å². The number of carbonyl (C=O) groups is 1. The molecule has 0 saturated carbocycles. The van der Waals surface area contributed by atoms with Crippen LogP contribution in [-0.2, 0) is 22.9 Å². The van der Waals surface area contributed by atoms with E-state index < -0.39 is 9.84 Å². The van der Waals surface area contributed by atoms with Crippen LogP contribution in [-0.4, -0.2) is 29.6 Å². The normalized spacial score (nSPS) is 14.7. The van der Waals surface area contributed by atoms with Crippen LogP contribution in [0, 0.1) is 6.92 Å². The van der Waals surface area contributed by atoms with Gasteiger partial charge in [0.2, 0.25) is 15.0 Å². The van der Waals surface area contributed by atoms with Gasteiger partial charge >= 0.3 is 0 Å². The molecular formula is C20H19N3O3S. The Morgan fingerprint density at radius 3 is 2.52 bits per heavy atom. The molecule has 27 heavy (non-hydrogen) atoms. The Bertz CT molecular complexity index is 1100. The molecule has 0 atom stereocenters. The lowest BCUT2D eigenvalue weighted by Gasteiger charge is -2.09. The molecule has 0 radical (unpaired) electrons. The highest BCUT2D eigenvalue weighted by Crippen LogP contribution is 2.30. The fraction of sp³-hybridized carbons (Fsp3) is 0.200. The van der Waals surface area contributed by atoms with Gasteiger partial charge in [-0.15, -0.1) is 0 Å². The molecule has 7 heteroatoms. The van der Waals surface area contributed by atoms with Crippen LogP contribution in [0.3, 0.4) is 0 Å². The predicted octanol–water partition coefficient (Wildman–Crippen LogP) is 2.58. The van der Waals surface area contributed by atoms with Crippen molar-refractivity contribution in [3.8, 4) is 11.3 Å². The molecule has 1 aliphatic heterocycles. The molecule has 0 saturated heterocycles. The van der Waals surface area contributed by atoms with Gasteiger partial charge in [-0.05, 0) is 12.5 Å². The topological polar surface area (TPSA) is 81.1 Å². The van der Waals surface area contributed by atoms with Crippen molar-refractivity contribution in [1.29, 1.82) is 0 Å². The zero-order valence-electron chi connectivity index (χ0n) is 14.8. The fourth-order valence-electron chi connectivity index (χ4n) is 3.18. The number of carbonyl (C=O) groups excluding carboxylic acids is 1. The first-order chi connectivity index (χ1) is 13.0. The van der Waals surface area contributed by atoms with Crippen molar-refractivity contribution in [2.45, 2.75) is 25.2 Å². The number of nitrogens with one attached hydrogen (secondary N) is 1. The lowest BCUT2D eigenvalue weighted by molar-refractivity contribution is 0.0942. The van der Waals surface area contributed by atoms with Gasteiger partial charge in [-0.1, -0.05) is 60.2 Å². The summed E-state index contributed by atoms with van der Waals surface area (Å²) in [7, 11) is -3.45. The van der Waals surface area contributed by atoms with Crippen molar-refractivity contribution in [2.75, 3.05) is 5.75 Å². The number of amides is 1. The average Bonchev–Trinajstić information content (AvgIpc) is 3.19. The number of fused-ring (bicyclic) bond motifs is 1. The first-order valence-electron chi connectivity index (χ1n) is 8.68. The number of sulfone groups is 1. The molecule has 0 bridgehead atoms. The summed E-state index contributed by atoms with van der Waals surface area (Å²) < 4.78 is 26.1. The zero-order valence-corrected chi connectivity index (χ0v) is 15.7. The van der Waals surface area contributed by atoms with Crippen molar-refractivity contribution >= 4 is 15.7 Å². The number of aryl methyl sites for hydroxylation is 1. The molecule has 0 unspecified atom stereocenters. The van der Waals surface area contributed by atoms with Gasteiger partial charge in [0.05, 0.1) is 5.75 Å². The summed E-state index contributed by atoms with van der Waals surface area (Å²) in [6.45, 7) is 2.61. The zero-order chi connectivity index (χ0) is 19.0. The number of imidazole rings is 1. The standard InChI is InChI=1S/C20H19N3O3S/c1-14-7-9-15(10-8-14)13-21-19(24)18-17(16-5-3-2-4-6-16)22-20-23(18)11-12-27(20,25)26/h2-10H,11-13H2,1H3,(H,21,24). The largest absolute Gasteiger partial charge is 0.347 e. The van der Waals surface area contributed by atoms with Crippen LogP contribution in [0.5, 0.6) is 0 Å². The molecule has 0 aliphatic carbocycles. The third-order valence-electron chi connectivity index (χ3n) is 4.63. The van der Waals surface area contributed by atoms with E-state index in [0.29, 0.717) is 17.9 Å². The molecule has 1 aliphatic rings. The van der Waals surface area contributed by atoms with E-state index in [9.17, 15) is 13.2 Å². The van der Waals surface area contributed by atoms with Crippen molar-refractivity contribution < 1.29 is 13.2 Å².